The van der Waals surface area contributed by atoms with E-state index in [1.165, 1.54) is 64.2 Å². The fourth-order valence-electron chi connectivity index (χ4n) is 4.93. The fraction of sp³-hybridized carbons (Fsp3) is 0.944. The highest BCUT2D eigenvalue weighted by molar-refractivity contribution is 5.84. The van der Waals surface area contributed by atoms with E-state index in [2.05, 4.69) is 17.1 Å². The van der Waals surface area contributed by atoms with Crippen LogP contribution in [0.25, 0.3) is 0 Å². The Bertz CT molecular complexity index is 356. The van der Waals surface area contributed by atoms with E-state index in [-0.39, 0.29) is 6.04 Å². The van der Waals surface area contributed by atoms with Crippen molar-refractivity contribution < 1.29 is 4.79 Å². The summed E-state index contributed by atoms with van der Waals surface area (Å²) >= 11 is 0. The second-order valence-corrected chi connectivity index (χ2v) is 7.59. The minimum Gasteiger partial charge on any atom is -0.323 e. The number of nitrogens with zero attached hydrogens (tertiary/aromatic N) is 1. The summed E-state index contributed by atoms with van der Waals surface area (Å²) in [6.45, 7) is 4.34. The Morgan fingerprint density at radius 2 is 1.76 bits per heavy atom. The van der Waals surface area contributed by atoms with Crippen LogP contribution in [0.5, 0.6) is 0 Å². The van der Waals surface area contributed by atoms with Crippen molar-refractivity contribution in [2.75, 3.05) is 0 Å². The zero-order chi connectivity index (χ0) is 14.8. The van der Waals surface area contributed by atoms with Gasteiger partial charge in [0.15, 0.2) is 0 Å². The van der Waals surface area contributed by atoms with Crippen LogP contribution in [0, 0.1) is 11.8 Å². The first-order valence-corrected chi connectivity index (χ1v) is 9.29. The van der Waals surface area contributed by atoms with Crippen molar-refractivity contribution in [3.63, 3.8) is 0 Å². The summed E-state index contributed by atoms with van der Waals surface area (Å²) in [4.78, 5) is 14.9. The maximum Gasteiger partial charge on any atom is 0.240 e. The number of hydrogen-bond acceptors (Lipinski definition) is 2. The third-order valence-corrected chi connectivity index (χ3v) is 6.10. The molecule has 2 saturated carbocycles. The molecule has 3 heteroatoms. The van der Waals surface area contributed by atoms with Crippen molar-refractivity contribution in [2.45, 2.75) is 96.3 Å². The molecular formula is C18H32N2O. The average molecular weight is 292 g/mol. The number of carbonyl (C=O) groups excluding carboxylic acids is 1. The normalized spacial score (nSPS) is 38.4. The molecule has 3 fully saturated rings. The molecule has 0 bridgehead atoms. The lowest BCUT2D eigenvalue weighted by molar-refractivity contribution is -0.133. The van der Waals surface area contributed by atoms with Gasteiger partial charge >= 0.3 is 0 Å². The van der Waals surface area contributed by atoms with Gasteiger partial charge in [-0.2, -0.15) is 0 Å². The minimum atomic E-state index is 0.0314. The molecule has 3 rings (SSSR count). The zero-order valence-electron chi connectivity index (χ0n) is 13.8. The van der Waals surface area contributed by atoms with E-state index in [1.54, 1.807) is 0 Å². The van der Waals surface area contributed by atoms with Gasteiger partial charge in [0.05, 0.1) is 12.2 Å². The molecule has 1 aliphatic heterocycles. The molecule has 1 amide bonds. The molecule has 120 valence electrons. The van der Waals surface area contributed by atoms with E-state index in [4.69, 9.17) is 0 Å². The smallest absolute Gasteiger partial charge is 0.240 e. The minimum absolute atomic E-state index is 0.0314. The Hall–Kier alpha value is -0.570. The summed E-state index contributed by atoms with van der Waals surface area (Å²) in [6.07, 6.45) is 13.4. The van der Waals surface area contributed by atoms with Gasteiger partial charge in [0.25, 0.3) is 0 Å². The summed E-state index contributed by atoms with van der Waals surface area (Å²) in [5.41, 5.74) is 0. The van der Waals surface area contributed by atoms with E-state index in [9.17, 15) is 4.79 Å². The second-order valence-electron chi connectivity index (χ2n) is 7.59. The Morgan fingerprint density at radius 3 is 2.38 bits per heavy atom. The molecule has 0 aromatic carbocycles. The zero-order valence-corrected chi connectivity index (χ0v) is 13.8. The van der Waals surface area contributed by atoms with E-state index >= 15 is 0 Å². The summed E-state index contributed by atoms with van der Waals surface area (Å²) < 4.78 is 0. The van der Waals surface area contributed by atoms with Crippen molar-refractivity contribution in [3.05, 3.63) is 0 Å². The lowest BCUT2D eigenvalue weighted by Gasteiger charge is -2.39. The average Bonchev–Trinajstić information content (AvgIpc) is 3.10. The van der Waals surface area contributed by atoms with Crippen LogP contribution in [0.3, 0.4) is 0 Å². The summed E-state index contributed by atoms with van der Waals surface area (Å²) in [5.74, 6) is 1.98. The van der Waals surface area contributed by atoms with Gasteiger partial charge in [-0.15, -0.1) is 0 Å². The first-order chi connectivity index (χ1) is 10.2. The standard InChI is InChI=1S/C18H32N2O/c1-3-6-14-9-11-16(12-10-14)20-17(15-7-4-5-8-15)19-13(2)18(20)21/h13-17,19H,3-12H2,1-2H3. The number of carbonyl (C=O) groups is 1. The van der Waals surface area contributed by atoms with Gasteiger partial charge in [-0.3, -0.25) is 10.1 Å². The SMILES string of the molecule is CCCC1CCC(N2C(=O)C(C)NC2C2CCCC2)CC1. The molecule has 1 N–H and O–H groups in total. The van der Waals surface area contributed by atoms with Crippen molar-refractivity contribution in [2.24, 2.45) is 11.8 Å². The van der Waals surface area contributed by atoms with Crippen LogP contribution in [0.15, 0.2) is 0 Å². The molecule has 0 aromatic heterocycles. The number of rotatable bonds is 4. The van der Waals surface area contributed by atoms with Crippen LogP contribution in [-0.4, -0.2) is 29.1 Å². The fourth-order valence-corrected chi connectivity index (χ4v) is 4.93. The molecule has 0 radical (unpaired) electrons. The Balaban J connectivity index is 1.65. The van der Waals surface area contributed by atoms with Crippen molar-refractivity contribution >= 4 is 5.91 Å². The maximum absolute atomic E-state index is 12.6. The topological polar surface area (TPSA) is 32.3 Å². The van der Waals surface area contributed by atoms with Gasteiger partial charge in [-0.25, -0.2) is 0 Å². The quantitative estimate of drug-likeness (QED) is 0.857. The van der Waals surface area contributed by atoms with Gasteiger partial charge in [-0.05, 0) is 57.3 Å². The maximum atomic E-state index is 12.6. The highest BCUT2D eigenvalue weighted by Crippen LogP contribution is 2.37. The molecule has 2 unspecified atom stereocenters. The van der Waals surface area contributed by atoms with Gasteiger partial charge in [0, 0.05) is 6.04 Å². The van der Waals surface area contributed by atoms with E-state index in [0.29, 0.717) is 24.0 Å². The van der Waals surface area contributed by atoms with E-state index in [0.717, 1.165) is 5.92 Å². The second kappa shape index (κ2) is 6.68. The predicted molar refractivity (Wildman–Crippen MR) is 85.8 cm³/mol. The van der Waals surface area contributed by atoms with Crippen LogP contribution in [0.2, 0.25) is 0 Å². The molecule has 1 saturated heterocycles. The molecule has 2 aliphatic carbocycles. The van der Waals surface area contributed by atoms with Gasteiger partial charge in [0.1, 0.15) is 0 Å². The Kier molecular flexibility index (Phi) is 4.88. The third-order valence-electron chi connectivity index (χ3n) is 6.10. The van der Waals surface area contributed by atoms with Crippen LogP contribution in [-0.2, 0) is 4.79 Å². The highest BCUT2D eigenvalue weighted by atomic mass is 16.2. The molecular weight excluding hydrogens is 260 g/mol. The molecule has 21 heavy (non-hydrogen) atoms. The van der Waals surface area contributed by atoms with Crippen LogP contribution in [0.4, 0.5) is 0 Å². The molecule has 1 heterocycles. The number of hydrogen-bond donors (Lipinski definition) is 1. The lowest BCUT2D eigenvalue weighted by Crippen LogP contribution is -2.49. The third kappa shape index (κ3) is 3.13. The molecule has 3 nitrogen and oxygen atoms in total. The molecule has 0 aromatic rings. The number of amides is 1. The molecule has 3 aliphatic rings. The van der Waals surface area contributed by atoms with Gasteiger partial charge in [0.2, 0.25) is 5.91 Å². The summed E-state index contributed by atoms with van der Waals surface area (Å²) in [5, 5.41) is 3.61. The van der Waals surface area contributed by atoms with E-state index < -0.39 is 0 Å². The van der Waals surface area contributed by atoms with Crippen molar-refractivity contribution in [1.29, 1.82) is 0 Å². The summed E-state index contributed by atoms with van der Waals surface area (Å²) in [6, 6.07) is 0.539. The highest BCUT2D eigenvalue weighted by Gasteiger charge is 2.44. The van der Waals surface area contributed by atoms with Gasteiger partial charge in [-0.1, -0.05) is 32.6 Å². The van der Waals surface area contributed by atoms with Crippen LogP contribution < -0.4 is 5.32 Å². The summed E-state index contributed by atoms with van der Waals surface area (Å²) in [7, 11) is 0. The first-order valence-electron chi connectivity index (χ1n) is 9.29. The first kappa shape index (κ1) is 15.3. The monoisotopic (exact) mass is 292 g/mol. The predicted octanol–water partition coefficient (Wildman–Crippen LogP) is 3.68. The van der Waals surface area contributed by atoms with Crippen LogP contribution >= 0.6 is 0 Å². The number of nitrogens with one attached hydrogen (secondary N) is 1. The molecule has 0 spiro atoms. The van der Waals surface area contributed by atoms with Gasteiger partial charge < -0.3 is 4.90 Å². The molecule has 2 atom stereocenters. The Labute approximate surface area is 129 Å². The van der Waals surface area contributed by atoms with Crippen molar-refractivity contribution in [1.82, 2.24) is 10.2 Å². The largest absolute Gasteiger partial charge is 0.323 e. The lowest BCUT2D eigenvalue weighted by atomic mass is 9.82. The van der Waals surface area contributed by atoms with Crippen LogP contribution in [0.1, 0.15) is 78.1 Å². The van der Waals surface area contributed by atoms with E-state index in [1.807, 2.05) is 6.92 Å². The van der Waals surface area contributed by atoms with Crippen molar-refractivity contribution in [3.8, 4) is 0 Å². The Morgan fingerprint density at radius 1 is 1.10 bits per heavy atom.